The van der Waals surface area contributed by atoms with Gasteiger partial charge in [-0.3, -0.25) is 19.3 Å². The highest BCUT2D eigenvalue weighted by Crippen LogP contribution is 2.39. The van der Waals surface area contributed by atoms with Crippen molar-refractivity contribution in [3.8, 4) is 11.5 Å². The van der Waals surface area contributed by atoms with Gasteiger partial charge in [0.05, 0.1) is 27.1 Å². The molecule has 0 radical (unpaired) electrons. The molecule has 188 valence electrons. The third-order valence-electron chi connectivity index (χ3n) is 5.71. The van der Waals surface area contributed by atoms with Gasteiger partial charge in [-0.2, -0.15) is 0 Å². The topological polar surface area (TPSA) is 93.2 Å². The molecule has 2 aliphatic heterocycles. The Balaban J connectivity index is 1.52. The molecule has 0 aliphatic carbocycles. The number of esters is 1. The van der Waals surface area contributed by atoms with Gasteiger partial charge in [0.15, 0.2) is 11.5 Å². The van der Waals surface area contributed by atoms with Gasteiger partial charge in [0.2, 0.25) is 5.91 Å². The molecule has 2 heterocycles. The van der Waals surface area contributed by atoms with Gasteiger partial charge in [0, 0.05) is 13.1 Å². The lowest BCUT2D eigenvalue weighted by molar-refractivity contribution is -0.136. The van der Waals surface area contributed by atoms with Crippen molar-refractivity contribution in [2.24, 2.45) is 0 Å². The van der Waals surface area contributed by atoms with E-state index in [1.807, 2.05) is 0 Å². The van der Waals surface area contributed by atoms with E-state index in [0.29, 0.717) is 23.1 Å². The highest BCUT2D eigenvalue weighted by molar-refractivity contribution is 9.10. The number of thioether (sulfide) groups is 1. The zero-order chi connectivity index (χ0) is 25.8. The Morgan fingerprint density at radius 3 is 2.56 bits per heavy atom. The summed E-state index contributed by atoms with van der Waals surface area (Å²) in [6, 6.07) is 9.71. The Morgan fingerprint density at radius 1 is 1.14 bits per heavy atom. The fourth-order valence-corrected chi connectivity index (χ4v) is 5.45. The van der Waals surface area contributed by atoms with Crippen LogP contribution in [0.3, 0.4) is 0 Å². The summed E-state index contributed by atoms with van der Waals surface area (Å²) in [7, 11) is 1.42. The Kier molecular flexibility index (Phi) is 8.38. The molecule has 0 spiro atoms. The Bertz CT molecular complexity index is 1260. The number of nitrogens with zero attached hydrogens (tertiary/aromatic N) is 2. The molecule has 0 bridgehead atoms. The third-order valence-corrected chi connectivity index (χ3v) is 7.54. The summed E-state index contributed by atoms with van der Waals surface area (Å²) in [5, 5.41) is -0.239. The van der Waals surface area contributed by atoms with E-state index in [1.165, 1.54) is 13.2 Å². The molecule has 2 fully saturated rings. The molecule has 3 amide bonds. The molecule has 11 heteroatoms. The number of likely N-dealkylation sites (tertiary alicyclic amines) is 1. The Morgan fingerprint density at radius 2 is 1.86 bits per heavy atom. The van der Waals surface area contributed by atoms with Gasteiger partial charge >= 0.3 is 5.97 Å². The molecule has 0 unspecified atom stereocenters. The Labute approximate surface area is 225 Å². The van der Waals surface area contributed by atoms with Crippen molar-refractivity contribution in [3.05, 3.63) is 61.9 Å². The second kappa shape index (κ2) is 11.5. The van der Waals surface area contributed by atoms with Crippen LogP contribution in [0.25, 0.3) is 6.08 Å². The van der Waals surface area contributed by atoms with Crippen molar-refractivity contribution in [2.45, 2.75) is 19.3 Å². The number of rotatable bonds is 6. The molecule has 36 heavy (non-hydrogen) atoms. The van der Waals surface area contributed by atoms with Crippen molar-refractivity contribution in [1.82, 2.24) is 9.80 Å². The molecule has 2 aliphatic rings. The average Bonchev–Trinajstić information content (AvgIpc) is 3.13. The second-order valence-corrected chi connectivity index (χ2v) is 10.4. The highest BCUT2D eigenvalue weighted by atomic mass is 79.9. The SMILES string of the molecule is COc1cc(/C=C2\SC(=O)N(CC(=O)N3CCCCC3)C2=O)cc(Br)c1OC(=O)c1ccccc1Cl. The minimum absolute atomic E-state index is 0.139. The van der Waals surface area contributed by atoms with Crippen molar-refractivity contribution in [3.63, 3.8) is 0 Å². The Hall–Kier alpha value is -2.82. The van der Waals surface area contributed by atoms with E-state index in [2.05, 4.69) is 15.9 Å². The molecular formula is C25H22BrClN2O6S. The normalized spacial score (nSPS) is 17.0. The van der Waals surface area contributed by atoms with Gasteiger partial charge in [0.25, 0.3) is 11.1 Å². The summed E-state index contributed by atoms with van der Waals surface area (Å²) >= 11 is 10.2. The standard InChI is InChI=1S/C25H22BrClN2O6S/c1-34-19-12-15(11-17(26)22(19)35-24(32)16-7-3-4-8-18(16)27)13-20-23(31)29(25(33)36-20)14-21(30)28-9-5-2-6-10-28/h3-4,7-8,11-13H,2,5-6,9-10,14H2,1H3/b20-13-. The summed E-state index contributed by atoms with van der Waals surface area (Å²) in [6.45, 7) is 1.02. The maximum atomic E-state index is 12.9. The number of methoxy groups -OCH3 is 1. The first kappa shape index (κ1) is 26.2. The summed E-state index contributed by atoms with van der Waals surface area (Å²) in [4.78, 5) is 53.4. The molecule has 0 saturated carbocycles. The van der Waals surface area contributed by atoms with Crippen molar-refractivity contribution < 1.29 is 28.7 Å². The number of hydrogen-bond acceptors (Lipinski definition) is 7. The van der Waals surface area contributed by atoms with Gasteiger partial charge in [-0.05, 0) is 82.9 Å². The van der Waals surface area contributed by atoms with Crippen LogP contribution in [0.15, 0.2) is 45.8 Å². The zero-order valence-corrected chi connectivity index (χ0v) is 22.5. The maximum absolute atomic E-state index is 12.9. The van der Waals surface area contributed by atoms with E-state index in [4.69, 9.17) is 21.1 Å². The molecule has 0 aromatic heterocycles. The number of carbonyl (C=O) groups is 4. The summed E-state index contributed by atoms with van der Waals surface area (Å²) in [5.41, 5.74) is 0.731. The number of ether oxygens (including phenoxy) is 2. The lowest BCUT2D eigenvalue weighted by Crippen LogP contribution is -2.44. The third kappa shape index (κ3) is 5.77. The number of imide groups is 1. The number of benzene rings is 2. The van der Waals surface area contributed by atoms with Crippen LogP contribution in [0.1, 0.15) is 35.2 Å². The lowest BCUT2D eigenvalue weighted by atomic mass is 10.1. The van der Waals surface area contributed by atoms with Gasteiger partial charge in [-0.15, -0.1) is 0 Å². The summed E-state index contributed by atoms with van der Waals surface area (Å²) in [5.74, 6) is -1.05. The van der Waals surface area contributed by atoms with Crippen molar-refractivity contribution in [2.75, 3.05) is 26.7 Å². The van der Waals surface area contributed by atoms with Crippen LogP contribution in [0.2, 0.25) is 5.02 Å². The molecule has 2 aromatic carbocycles. The van der Waals surface area contributed by atoms with E-state index in [9.17, 15) is 19.2 Å². The smallest absolute Gasteiger partial charge is 0.345 e. The minimum Gasteiger partial charge on any atom is -0.493 e. The predicted molar refractivity (Wildman–Crippen MR) is 140 cm³/mol. The van der Waals surface area contributed by atoms with Crippen LogP contribution in [0, 0.1) is 0 Å². The molecule has 8 nitrogen and oxygen atoms in total. The van der Waals surface area contributed by atoms with E-state index < -0.39 is 17.1 Å². The predicted octanol–water partition coefficient (Wildman–Crippen LogP) is 5.38. The van der Waals surface area contributed by atoms with E-state index in [1.54, 1.807) is 41.3 Å². The number of amides is 3. The number of halogens is 2. The van der Waals surface area contributed by atoms with E-state index in [-0.39, 0.29) is 39.4 Å². The van der Waals surface area contributed by atoms with Crippen LogP contribution in [0.4, 0.5) is 4.79 Å². The molecule has 2 aromatic rings. The van der Waals surface area contributed by atoms with E-state index in [0.717, 1.165) is 35.9 Å². The molecule has 2 saturated heterocycles. The van der Waals surface area contributed by atoms with Crippen molar-refractivity contribution in [1.29, 1.82) is 0 Å². The van der Waals surface area contributed by atoms with Crippen LogP contribution in [0.5, 0.6) is 11.5 Å². The number of carbonyl (C=O) groups excluding carboxylic acids is 4. The van der Waals surface area contributed by atoms with Crippen LogP contribution < -0.4 is 9.47 Å². The summed E-state index contributed by atoms with van der Waals surface area (Å²) < 4.78 is 11.3. The monoisotopic (exact) mass is 592 g/mol. The fraction of sp³-hybridized carbons (Fsp3) is 0.280. The second-order valence-electron chi connectivity index (χ2n) is 8.11. The molecular weight excluding hydrogens is 572 g/mol. The number of piperidine rings is 1. The first-order chi connectivity index (χ1) is 17.3. The fourth-order valence-electron chi connectivity index (χ4n) is 3.86. The quantitative estimate of drug-likeness (QED) is 0.252. The van der Waals surface area contributed by atoms with Crippen LogP contribution >= 0.6 is 39.3 Å². The molecule has 0 atom stereocenters. The largest absolute Gasteiger partial charge is 0.493 e. The van der Waals surface area contributed by atoms with Gasteiger partial charge in [-0.25, -0.2) is 4.79 Å². The first-order valence-corrected chi connectivity index (χ1v) is 13.1. The lowest BCUT2D eigenvalue weighted by Gasteiger charge is -2.27. The zero-order valence-electron chi connectivity index (χ0n) is 19.3. The van der Waals surface area contributed by atoms with E-state index >= 15 is 0 Å². The average molecular weight is 594 g/mol. The maximum Gasteiger partial charge on any atom is 0.345 e. The first-order valence-electron chi connectivity index (χ1n) is 11.2. The highest BCUT2D eigenvalue weighted by Gasteiger charge is 2.37. The summed E-state index contributed by atoms with van der Waals surface area (Å²) in [6.07, 6.45) is 4.45. The van der Waals surface area contributed by atoms with Gasteiger partial charge in [-0.1, -0.05) is 23.7 Å². The van der Waals surface area contributed by atoms with Crippen LogP contribution in [-0.4, -0.2) is 59.6 Å². The number of hydrogen-bond donors (Lipinski definition) is 0. The van der Waals surface area contributed by atoms with Crippen LogP contribution in [-0.2, 0) is 9.59 Å². The van der Waals surface area contributed by atoms with Gasteiger partial charge < -0.3 is 14.4 Å². The minimum atomic E-state index is -0.660. The molecule has 4 rings (SSSR count). The van der Waals surface area contributed by atoms with Gasteiger partial charge in [0.1, 0.15) is 6.54 Å². The molecule has 0 N–H and O–H groups in total. The van der Waals surface area contributed by atoms with Crippen molar-refractivity contribution >= 4 is 68.4 Å².